The van der Waals surface area contributed by atoms with E-state index in [1.807, 2.05) is 0 Å². The Labute approximate surface area is 85.8 Å². The van der Waals surface area contributed by atoms with Crippen LogP contribution in [0.1, 0.15) is 11.4 Å². The first-order valence-corrected chi connectivity index (χ1v) is 2.86. The van der Waals surface area contributed by atoms with Crippen LogP contribution in [-0.2, 0) is 12.4 Å². The van der Waals surface area contributed by atoms with Crippen LogP contribution in [0.25, 0.3) is 0 Å². The van der Waals surface area contributed by atoms with Crippen molar-refractivity contribution in [2.45, 2.75) is 12.4 Å². The van der Waals surface area contributed by atoms with Gasteiger partial charge in [0.1, 0.15) is 5.69 Å². The first-order chi connectivity index (χ1) is 5.71. The van der Waals surface area contributed by atoms with Crippen LogP contribution in [0.15, 0.2) is 6.07 Å². The molecule has 0 fully saturated rings. The zero-order valence-electron chi connectivity index (χ0n) is 6.74. The molecule has 1 heterocycles. The van der Waals surface area contributed by atoms with E-state index in [2.05, 4.69) is 10.2 Å². The van der Waals surface area contributed by atoms with E-state index < -0.39 is 23.7 Å². The van der Waals surface area contributed by atoms with Crippen molar-refractivity contribution in [3.05, 3.63) is 17.5 Å². The minimum atomic E-state index is -4.89. The largest absolute Gasteiger partial charge is 1.00 e. The molecule has 1 aromatic rings. The first kappa shape index (κ1) is 13.4. The van der Waals surface area contributed by atoms with Gasteiger partial charge in [-0.15, -0.1) is 0 Å². The van der Waals surface area contributed by atoms with Crippen LogP contribution < -0.4 is 24.0 Å². The Morgan fingerprint density at radius 2 is 1.50 bits per heavy atom. The Kier molecular flexibility index (Phi) is 3.70. The number of hydrogen-bond acceptors (Lipinski definition) is 1. The molecule has 0 spiro atoms. The van der Waals surface area contributed by atoms with Crippen LogP contribution in [-0.4, -0.2) is 5.10 Å². The Morgan fingerprint density at radius 3 is 1.71 bits per heavy atom. The van der Waals surface area contributed by atoms with Crippen molar-refractivity contribution in [2.24, 2.45) is 0 Å². The molecule has 14 heavy (non-hydrogen) atoms. The Balaban J connectivity index is 0.00000169. The fourth-order valence-corrected chi connectivity index (χ4v) is 0.572. The molecule has 0 aliphatic carbocycles. The molecule has 0 saturated heterocycles. The summed E-state index contributed by atoms with van der Waals surface area (Å²) in [5.41, 5.74) is -3.28. The SMILES string of the molecule is FC(F)(F)c1cc(C(F)(F)F)[n-]n1.[Li+]. The third kappa shape index (κ3) is 2.96. The van der Waals surface area contributed by atoms with Crippen molar-refractivity contribution in [1.82, 2.24) is 10.2 Å². The van der Waals surface area contributed by atoms with Gasteiger partial charge in [0.25, 0.3) is 0 Å². The molecule has 0 bridgehead atoms. The number of nitrogens with zero attached hydrogens (tertiary/aromatic N) is 2. The van der Waals surface area contributed by atoms with Crippen LogP contribution >= 0.6 is 0 Å². The van der Waals surface area contributed by atoms with Crippen molar-refractivity contribution in [3.63, 3.8) is 0 Å². The summed E-state index contributed by atoms with van der Waals surface area (Å²) in [7, 11) is 0. The number of aromatic nitrogens is 2. The summed E-state index contributed by atoms with van der Waals surface area (Å²) in [6.45, 7) is 0. The molecule has 9 heteroatoms. The molecule has 0 saturated carbocycles. The van der Waals surface area contributed by atoms with Crippen LogP contribution in [0.5, 0.6) is 0 Å². The monoisotopic (exact) mass is 210 g/mol. The quantitative estimate of drug-likeness (QED) is 0.409. The second-order valence-electron chi connectivity index (χ2n) is 2.11. The second-order valence-corrected chi connectivity index (χ2v) is 2.11. The van der Waals surface area contributed by atoms with Gasteiger partial charge in [-0.2, -0.15) is 26.3 Å². The van der Waals surface area contributed by atoms with Crippen molar-refractivity contribution < 1.29 is 45.2 Å². The van der Waals surface area contributed by atoms with Gasteiger partial charge in [0.15, 0.2) is 0 Å². The van der Waals surface area contributed by atoms with E-state index in [4.69, 9.17) is 0 Å². The number of halogens is 6. The minimum absolute atomic E-state index is 0. The number of rotatable bonds is 0. The summed E-state index contributed by atoms with van der Waals surface area (Å²) in [6, 6.07) is -0.139. The van der Waals surface area contributed by atoms with Gasteiger partial charge in [-0.05, 0) is 11.8 Å². The molecule has 0 unspecified atom stereocenters. The maximum absolute atomic E-state index is 11.7. The van der Waals surface area contributed by atoms with Crippen molar-refractivity contribution >= 4 is 0 Å². The fourth-order valence-electron chi connectivity index (χ4n) is 0.572. The number of alkyl halides is 6. The molecule has 2 nitrogen and oxygen atoms in total. The summed E-state index contributed by atoms with van der Waals surface area (Å²) < 4.78 is 70.3. The van der Waals surface area contributed by atoms with Gasteiger partial charge >= 0.3 is 31.2 Å². The summed E-state index contributed by atoms with van der Waals surface area (Å²) in [5, 5.41) is 4.72. The topological polar surface area (TPSA) is 27.0 Å². The zero-order chi connectivity index (χ0) is 10.3. The van der Waals surface area contributed by atoms with Crippen LogP contribution in [0.4, 0.5) is 26.3 Å². The van der Waals surface area contributed by atoms with Crippen molar-refractivity contribution in [2.75, 3.05) is 0 Å². The van der Waals surface area contributed by atoms with Crippen LogP contribution in [0.3, 0.4) is 0 Å². The van der Waals surface area contributed by atoms with E-state index >= 15 is 0 Å². The van der Waals surface area contributed by atoms with Gasteiger partial charge in [-0.1, -0.05) is 0 Å². The van der Waals surface area contributed by atoms with Gasteiger partial charge < -0.3 is 10.2 Å². The average Bonchev–Trinajstić information content (AvgIpc) is 2.28. The van der Waals surface area contributed by atoms with Crippen molar-refractivity contribution in [3.8, 4) is 0 Å². The van der Waals surface area contributed by atoms with E-state index in [0.717, 1.165) is 0 Å². The average molecular weight is 210 g/mol. The molecule has 1 rings (SSSR count). The Bertz CT molecular complexity index is 271. The molecule has 0 aliphatic heterocycles. The minimum Gasteiger partial charge on any atom is -0.571 e. The van der Waals surface area contributed by atoms with E-state index in [1.54, 1.807) is 0 Å². The summed E-state index contributed by atoms with van der Waals surface area (Å²) in [4.78, 5) is 0. The normalized spacial score (nSPS) is 12.4. The van der Waals surface area contributed by atoms with Crippen molar-refractivity contribution in [1.29, 1.82) is 0 Å². The van der Waals surface area contributed by atoms with E-state index in [-0.39, 0.29) is 24.9 Å². The maximum atomic E-state index is 11.7. The van der Waals surface area contributed by atoms with E-state index in [1.165, 1.54) is 0 Å². The Hall–Kier alpha value is -0.613. The van der Waals surface area contributed by atoms with E-state index in [0.29, 0.717) is 0 Å². The molecule has 0 aromatic carbocycles. The second kappa shape index (κ2) is 3.86. The van der Waals surface area contributed by atoms with Gasteiger partial charge in [0.05, 0.1) is 0 Å². The third-order valence-electron chi connectivity index (χ3n) is 1.12. The number of hydrogen-bond donors (Lipinski definition) is 0. The van der Waals surface area contributed by atoms with Gasteiger partial charge in [0.2, 0.25) is 0 Å². The molecule has 0 atom stereocenters. The molecule has 0 radical (unpaired) electrons. The maximum Gasteiger partial charge on any atom is 1.00 e. The predicted molar refractivity (Wildman–Crippen MR) is 27.6 cm³/mol. The fraction of sp³-hybridized carbons (Fsp3) is 0.400. The first-order valence-electron chi connectivity index (χ1n) is 2.86. The molecule has 0 aliphatic rings. The van der Waals surface area contributed by atoms with Crippen LogP contribution in [0.2, 0.25) is 0 Å². The van der Waals surface area contributed by atoms with Gasteiger partial charge in [-0.3, -0.25) is 0 Å². The molecular formula is C5HF6LiN2. The zero-order valence-corrected chi connectivity index (χ0v) is 6.74. The van der Waals surface area contributed by atoms with Gasteiger partial charge in [0, 0.05) is 0 Å². The molecule has 74 valence electrons. The standard InChI is InChI=1S/C5HF6N2.Li/c6-4(7,8)2-1-3(13-12-2)5(9,10)11;/h1H;/q-1;+1. The summed E-state index contributed by atoms with van der Waals surface area (Å²) in [5.74, 6) is 0. The third-order valence-corrected chi connectivity index (χ3v) is 1.12. The van der Waals surface area contributed by atoms with E-state index in [9.17, 15) is 26.3 Å². The Morgan fingerprint density at radius 1 is 1.00 bits per heavy atom. The summed E-state index contributed by atoms with van der Waals surface area (Å²) >= 11 is 0. The molecular weight excluding hydrogens is 209 g/mol. The predicted octanol–water partition coefficient (Wildman–Crippen LogP) is -0.920. The van der Waals surface area contributed by atoms with Crippen LogP contribution in [0, 0.1) is 0 Å². The summed E-state index contributed by atoms with van der Waals surface area (Å²) in [6.07, 6.45) is -9.78. The molecule has 0 N–H and O–H groups in total. The van der Waals surface area contributed by atoms with Gasteiger partial charge in [-0.25, -0.2) is 0 Å². The molecule has 0 amide bonds. The smallest absolute Gasteiger partial charge is 0.571 e. The molecule has 1 aromatic heterocycles.